The van der Waals surface area contributed by atoms with Crippen molar-refractivity contribution >= 4 is 23.9 Å². The first kappa shape index (κ1) is 28.1. The molecule has 2 atom stereocenters. The zero-order valence-corrected chi connectivity index (χ0v) is 21.5. The third-order valence-corrected chi connectivity index (χ3v) is 5.78. The Morgan fingerprint density at radius 2 is 1.03 bits per heavy atom. The van der Waals surface area contributed by atoms with E-state index >= 15 is 0 Å². The zero-order chi connectivity index (χ0) is 27.7. The summed E-state index contributed by atoms with van der Waals surface area (Å²) in [6.07, 6.45) is -0.553. The molecule has 0 bridgehead atoms. The maximum absolute atomic E-state index is 12.4. The molecule has 0 heterocycles. The molecule has 0 aliphatic heterocycles. The van der Waals surface area contributed by atoms with Gasteiger partial charge in [-0.2, -0.15) is 0 Å². The molecule has 8 nitrogen and oxygen atoms in total. The normalized spacial score (nSPS) is 12.2. The van der Waals surface area contributed by atoms with Crippen molar-refractivity contribution in [3.05, 3.63) is 83.9 Å². The van der Waals surface area contributed by atoms with Gasteiger partial charge in [0.25, 0.3) is 0 Å². The number of aliphatic carboxylic acids is 1. The lowest BCUT2D eigenvalue weighted by Gasteiger charge is -2.13. The average molecular weight is 519 g/mol. The van der Waals surface area contributed by atoms with E-state index in [0.29, 0.717) is 12.2 Å². The third kappa shape index (κ3) is 7.52. The molecule has 0 saturated heterocycles. The number of hydrogen-bond donors (Lipinski definition) is 1. The molecule has 1 N–H and O–H groups in total. The Balaban J connectivity index is 1.61. The smallest absolute Gasteiger partial charge is 0.347 e. The predicted molar refractivity (Wildman–Crippen MR) is 141 cm³/mol. The maximum Gasteiger partial charge on any atom is 0.347 e. The van der Waals surface area contributed by atoms with Crippen LogP contribution in [-0.4, -0.2) is 47.8 Å². The number of carboxylic acids is 1. The highest BCUT2D eigenvalue weighted by atomic mass is 16.6. The van der Waals surface area contributed by atoms with Crippen LogP contribution >= 0.6 is 0 Å². The minimum absolute atomic E-state index is 0.264. The number of unbranched alkanes of at least 4 members (excludes halogenated alkanes) is 1. The fraction of sp³-hybridized carbons (Fsp3) is 0.267. The van der Waals surface area contributed by atoms with Crippen LogP contribution in [0.25, 0.3) is 22.3 Å². The summed E-state index contributed by atoms with van der Waals surface area (Å²) < 4.78 is 15.2. The summed E-state index contributed by atoms with van der Waals surface area (Å²) >= 11 is 0. The molecule has 8 heteroatoms. The van der Waals surface area contributed by atoms with E-state index in [2.05, 4.69) is 0 Å². The van der Waals surface area contributed by atoms with E-state index in [1.165, 1.54) is 13.8 Å². The number of carbonyl (C=O) groups excluding carboxylic acids is 3. The van der Waals surface area contributed by atoms with Crippen molar-refractivity contribution in [2.45, 2.75) is 45.8 Å². The molecule has 0 radical (unpaired) electrons. The Hall–Kier alpha value is -4.46. The molecule has 38 heavy (non-hydrogen) atoms. The molecule has 3 aromatic carbocycles. The molecule has 0 saturated carbocycles. The monoisotopic (exact) mass is 518 g/mol. The minimum atomic E-state index is -1.22. The second-order valence-electron chi connectivity index (χ2n) is 8.69. The molecule has 0 unspecified atom stereocenters. The van der Waals surface area contributed by atoms with Crippen LogP contribution in [-0.2, 0) is 23.8 Å². The number of carboxylic acid groups (broad SMARTS) is 1. The Morgan fingerprint density at radius 1 is 0.658 bits per heavy atom. The lowest BCUT2D eigenvalue weighted by atomic mass is 9.99. The molecular formula is C30H30O8. The maximum atomic E-state index is 12.4. The summed E-state index contributed by atoms with van der Waals surface area (Å²) in [4.78, 5) is 47.3. The molecule has 0 amide bonds. The first-order valence-electron chi connectivity index (χ1n) is 12.3. The van der Waals surface area contributed by atoms with Crippen LogP contribution in [0.3, 0.4) is 0 Å². The van der Waals surface area contributed by atoms with Gasteiger partial charge in [-0.05, 0) is 66.8 Å². The van der Waals surface area contributed by atoms with E-state index in [9.17, 15) is 19.2 Å². The summed E-state index contributed by atoms with van der Waals surface area (Å²) in [6.45, 7) is 5.08. The van der Waals surface area contributed by atoms with Gasteiger partial charge in [0.2, 0.25) is 0 Å². The molecule has 3 rings (SSSR count). The molecule has 0 aliphatic carbocycles. The van der Waals surface area contributed by atoms with Gasteiger partial charge in [-0.1, -0.05) is 61.9 Å². The highest BCUT2D eigenvalue weighted by Gasteiger charge is 2.20. The molecule has 198 valence electrons. The topological polar surface area (TPSA) is 116 Å². The fourth-order valence-corrected chi connectivity index (χ4v) is 3.44. The number of benzene rings is 3. The molecule has 3 aromatic rings. The average Bonchev–Trinajstić information content (AvgIpc) is 2.93. The zero-order valence-electron chi connectivity index (χ0n) is 21.5. The van der Waals surface area contributed by atoms with E-state index in [4.69, 9.17) is 19.3 Å². The van der Waals surface area contributed by atoms with Crippen LogP contribution in [0.4, 0.5) is 0 Å². The van der Waals surface area contributed by atoms with Gasteiger partial charge in [0, 0.05) is 0 Å². The van der Waals surface area contributed by atoms with Gasteiger partial charge in [0.1, 0.15) is 0 Å². The highest BCUT2D eigenvalue weighted by Crippen LogP contribution is 2.26. The van der Waals surface area contributed by atoms with Crippen LogP contribution in [0.2, 0.25) is 0 Å². The van der Waals surface area contributed by atoms with Crippen LogP contribution in [0.15, 0.2) is 72.8 Å². The van der Waals surface area contributed by atoms with Crippen molar-refractivity contribution in [2.75, 3.05) is 6.61 Å². The predicted octanol–water partition coefficient (Wildman–Crippen LogP) is 5.54. The van der Waals surface area contributed by atoms with Gasteiger partial charge in [0.15, 0.2) is 12.2 Å². The number of esters is 3. The SMILES string of the molecule is CCCCOC(=O)[C@H](C)OC(=O)c1ccc(-c2ccc(-c3ccc(C(=O)O[C@@H](C)C(=O)O)cc3)cc2)cc1. The van der Waals surface area contributed by atoms with Gasteiger partial charge in [-0.3, -0.25) is 0 Å². The van der Waals surface area contributed by atoms with Gasteiger partial charge >= 0.3 is 23.9 Å². The largest absolute Gasteiger partial charge is 0.479 e. The Bertz CT molecular complexity index is 1260. The number of hydrogen-bond acceptors (Lipinski definition) is 7. The van der Waals surface area contributed by atoms with Gasteiger partial charge in [0.05, 0.1) is 17.7 Å². The van der Waals surface area contributed by atoms with E-state index in [-0.39, 0.29) is 5.56 Å². The van der Waals surface area contributed by atoms with Gasteiger partial charge in [-0.25, -0.2) is 19.2 Å². The molecular weight excluding hydrogens is 488 g/mol. The highest BCUT2D eigenvalue weighted by molar-refractivity contribution is 5.92. The third-order valence-electron chi connectivity index (χ3n) is 5.78. The van der Waals surface area contributed by atoms with E-state index in [0.717, 1.165) is 35.1 Å². The number of ether oxygens (including phenoxy) is 3. The number of carbonyl (C=O) groups is 4. The van der Waals surface area contributed by atoms with Crippen molar-refractivity contribution in [3.63, 3.8) is 0 Å². The lowest BCUT2D eigenvalue weighted by molar-refractivity contribution is -0.153. The minimum Gasteiger partial charge on any atom is -0.479 e. The summed E-state index contributed by atoms with van der Waals surface area (Å²) in [5.41, 5.74) is 4.22. The van der Waals surface area contributed by atoms with Crippen LogP contribution in [0.5, 0.6) is 0 Å². The Morgan fingerprint density at radius 3 is 1.39 bits per heavy atom. The molecule has 0 aromatic heterocycles. The number of rotatable bonds is 11. The molecule has 0 aliphatic rings. The van der Waals surface area contributed by atoms with Crippen molar-refractivity contribution in [1.82, 2.24) is 0 Å². The van der Waals surface area contributed by atoms with E-state index in [1.54, 1.807) is 48.5 Å². The summed E-state index contributed by atoms with van der Waals surface area (Å²) in [5, 5.41) is 8.88. The molecule has 0 fully saturated rings. The van der Waals surface area contributed by atoms with Crippen molar-refractivity contribution in [1.29, 1.82) is 0 Å². The van der Waals surface area contributed by atoms with Crippen LogP contribution < -0.4 is 0 Å². The standard InChI is InChI=1S/C30H30O8/c1-4-5-18-36-28(33)20(3)38-30(35)26-16-12-24(13-17-26)22-8-6-21(7-9-22)23-10-14-25(15-11-23)29(34)37-19(2)27(31)32/h6-17,19-20H,4-5,18H2,1-3H3,(H,31,32)/t19-,20-/m0/s1. The fourth-order valence-electron chi connectivity index (χ4n) is 3.44. The van der Waals surface area contributed by atoms with E-state index in [1.807, 2.05) is 31.2 Å². The quantitative estimate of drug-likeness (QED) is 0.200. The summed E-state index contributed by atoms with van der Waals surface area (Å²) in [7, 11) is 0. The van der Waals surface area contributed by atoms with Gasteiger partial charge in [-0.15, -0.1) is 0 Å². The van der Waals surface area contributed by atoms with Crippen LogP contribution in [0, 0.1) is 0 Å². The van der Waals surface area contributed by atoms with E-state index < -0.39 is 36.1 Å². The Kier molecular flexibility index (Phi) is 9.76. The molecule has 0 spiro atoms. The van der Waals surface area contributed by atoms with Crippen LogP contribution in [0.1, 0.15) is 54.3 Å². The second kappa shape index (κ2) is 13.2. The van der Waals surface area contributed by atoms with Crippen molar-refractivity contribution < 1.29 is 38.5 Å². The lowest BCUT2D eigenvalue weighted by Crippen LogP contribution is -2.26. The summed E-state index contributed by atoms with van der Waals surface area (Å²) in [5.74, 6) is -3.07. The summed E-state index contributed by atoms with van der Waals surface area (Å²) in [6, 6.07) is 21.3. The first-order chi connectivity index (χ1) is 18.2. The van der Waals surface area contributed by atoms with Crippen molar-refractivity contribution in [3.8, 4) is 22.3 Å². The second-order valence-corrected chi connectivity index (χ2v) is 8.69. The van der Waals surface area contributed by atoms with Crippen molar-refractivity contribution in [2.24, 2.45) is 0 Å². The first-order valence-corrected chi connectivity index (χ1v) is 12.3. The Labute approximate surface area is 221 Å². The van der Waals surface area contributed by atoms with Gasteiger partial charge < -0.3 is 19.3 Å².